The molecule has 0 saturated carbocycles. The van der Waals surface area contributed by atoms with Crippen LogP contribution in [0.3, 0.4) is 0 Å². The van der Waals surface area contributed by atoms with Gasteiger partial charge in [0, 0.05) is 17.4 Å². The van der Waals surface area contributed by atoms with E-state index in [-0.39, 0.29) is 5.91 Å². The van der Waals surface area contributed by atoms with Crippen LogP contribution >= 0.6 is 11.8 Å². The van der Waals surface area contributed by atoms with E-state index in [9.17, 15) is 4.79 Å². The van der Waals surface area contributed by atoms with Crippen molar-refractivity contribution in [3.05, 3.63) is 35.9 Å². The number of amides is 1. The van der Waals surface area contributed by atoms with E-state index < -0.39 is 0 Å². The SMILES string of the molecule is O=C(NC1CCCSC1)c1ccccc1. The second kappa shape index (κ2) is 5.21. The van der Waals surface area contributed by atoms with Gasteiger partial charge in [0.1, 0.15) is 0 Å². The molecule has 0 spiro atoms. The fraction of sp³-hybridized carbons (Fsp3) is 0.417. The lowest BCUT2D eigenvalue weighted by molar-refractivity contribution is 0.0938. The summed E-state index contributed by atoms with van der Waals surface area (Å²) in [6.45, 7) is 0. The Morgan fingerprint density at radius 2 is 2.13 bits per heavy atom. The fourth-order valence-corrected chi connectivity index (χ4v) is 2.78. The number of nitrogens with one attached hydrogen (secondary N) is 1. The predicted molar refractivity (Wildman–Crippen MR) is 64.3 cm³/mol. The molecule has 0 aliphatic carbocycles. The largest absolute Gasteiger partial charge is 0.348 e. The molecule has 15 heavy (non-hydrogen) atoms. The van der Waals surface area contributed by atoms with Crippen LogP contribution in [-0.2, 0) is 0 Å². The summed E-state index contributed by atoms with van der Waals surface area (Å²) >= 11 is 1.93. The second-order valence-corrected chi connectivity index (χ2v) is 4.90. The Morgan fingerprint density at radius 1 is 1.33 bits per heavy atom. The highest BCUT2D eigenvalue weighted by Crippen LogP contribution is 2.17. The Labute approximate surface area is 94.4 Å². The smallest absolute Gasteiger partial charge is 0.251 e. The third-order valence-corrected chi connectivity index (χ3v) is 3.75. The summed E-state index contributed by atoms with van der Waals surface area (Å²) in [7, 11) is 0. The quantitative estimate of drug-likeness (QED) is 0.830. The summed E-state index contributed by atoms with van der Waals surface area (Å²) in [4.78, 5) is 11.8. The third kappa shape index (κ3) is 2.99. The number of benzene rings is 1. The van der Waals surface area contributed by atoms with Gasteiger partial charge in [-0.1, -0.05) is 18.2 Å². The van der Waals surface area contributed by atoms with Crippen LogP contribution in [0.1, 0.15) is 23.2 Å². The Morgan fingerprint density at radius 3 is 2.80 bits per heavy atom. The molecule has 1 aromatic rings. The van der Waals surface area contributed by atoms with Crippen molar-refractivity contribution in [3.8, 4) is 0 Å². The van der Waals surface area contributed by atoms with E-state index in [1.807, 2.05) is 42.1 Å². The highest BCUT2D eigenvalue weighted by Gasteiger charge is 2.16. The number of carbonyl (C=O) groups excluding carboxylic acids is 1. The van der Waals surface area contributed by atoms with Crippen LogP contribution in [0.25, 0.3) is 0 Å². The van der Waals surface area contributed by atoms with Gasteiger partial charge < -0.3 is 5.32 Å². The number of hydrogen-bond acceptors (Lipinski definition) is 2. The van der Waals surface area contributed by atoms with Gasteiger partial charge in [-0.05, 0) is 30.7 Å². The maximum atomic E-state index is 11.8. The Hall–Kier alpha value is -0.960. The lowest BCUT2D eigenvalue weighted by Gasteiger charge is -2.22. The van der Waals surface area contributed by atoms with Crippen molar-refractivity contribution in [2.24, 2.45) is 0 Å². The minimum Gasteiger partial charge on any atom is -0.348 e. The molecule has 1 aromatic carbocycles. The number of thioether (sulfide) groups is 1. The van der Waals surface area contributed by atoms with Crippen LogP contribution in [0, 0.1) is 0 Å². The lowest BCUT2D eigenvalue weighted by Crippen LogP contribution is -2.38. The first-order valence-corrected chi connectivity index (χ1v) is 6.45. The average molecular weight is 221 g/mol. The zero-order valence-electron chi connectivity index (χ0n) is 8.61. The van der Waals surface area contributed by atoms with E-state index in [0.29, 0.717) is 6.04 Å². The van der Waals surface area contributed by atoms with Gasteiger partial charge in [0.05, 0.1) is 0 Å². The van der Waals surface area contributed by atoms with E-state index in [1.54, 1.807) is 0 Å². The molecule has 1 heterocycles. The number of hydrogen-bond donors (Lipinski definition) is 1. The van der Waals surface area contributed by atoms with Crippen molar-refractivity contribution in [3.63, 3.8) is 0 Å². The first kappa shape index (κ1) is 10.6. The standard InChI is InChI=1S/C12H15NOS/c14-12(10-5-2-1-3-6-10)13-11-7-4-8-15-9-11/h1-3,5-6,11H,4,7-9H2,(H,13,14). The van der Waals surface area contributed by atoms with Gasteiger partial charge in [-0.3, -0.25) is 4.79 Å². The molecule has 0 radical (unpaired) electrons. The van der Waals surface area contributed by atoms with Crippen molar-refractivity contribution in [1.29, 1.82) is 0 Å². The van der Waals surface area contributed by atoms with Gasteiger partial charge in [0.15, 0.2) is 0 Å². The van der Waals surface area contributed by atoms with Crippen molar-refractivity contribution in [1.82, 2.24) is 5.32 Å². The zero-order valence-corrected chi connectivity index (χ0v) is 9.43. The Balaban J connectivity index is 1.91. The number of carbonyl (C=O) groups is 1. The molecule has 1 fully saturated rings. The highest BCUT2D eigenvalue weighted by atomic mass is 32.2. The molecule has 1 amide bonds. The van der Waals surface area contributed by atoms with Crippen molar-refractivity contribution >= 4 is 17.7 Å². The van der Waals surface area contributed by atoms with Crippen LogP contribution in [0.4, 0.5) is 0 Å². The molecule has 0 aromatic heterocycles. The van der Waals surface area contributed by atoms with Gasteiger partial charge >= 0.3 is 0 Å². The molecule has 0 bridgehead atoms. The van der Waals surface area contributed by atoms with Crippen LogP contribution in [0.5, 0.6) is 0 Å². The van der Waals surface area contributed by atoms with Crippen LogP contribution < -0.4 is 5.32 Å². The molecule has 1 saturated heterocycles. The van der Waals surface area contributed by atoms with E-state index >= 15 is 0 Å². The fourth-order valence-electron chi connectivity index (χ4n) is 1.71. The van der Waals surface area contributed by atoms with Gasteiger partial charge in [0.25, 0.3) is 5.91 Å². The zero-order chi connectivity index (χ0) is 10.5. The number of rotatable bonds is 2. The minimum absolute atomic E-state index is 0.0584. The lowest BCUT2D eigenvalue weighted by atomic mass is 10.1. The van der Waals surface area contributed by atoms with Gasteiger partial charge in [0.2, 0.25) is 0 Å². The van der Waals surface area contributed by atoms with Gasteiger partial charge in [-0.15, -0.1) is 0 Å². The molecule has 80 valence electrons. The maximum Gasteiger partial charge on any atom is 0.251 e. The monoisotopic (exact) mass is 221 g/mol. The van der Waals surface area contributed by atoms with Gasteiger partial charge in [-0.25, -0.2) is 0 Å². The molecule has 2 nitrogen and oxygen atoms in total. The van der Waals surface area contributed by atoms with Crippen molar-refractivity contribution in [2.75, 3.05) is 11.5 Å². The second-order valence-electron chi connectivity index (χ2n) is 3.75. The summed E-state index contributed by atoms with van der Waals surface area (Å²) in [6.07, 6.45) is 2.33. The summed E-state index contributed by atoms with van der Waals surface area (Å²) in [6, 6.07) is 9.77. The maximum absolute atomic E-state index is 11.8. The van der Waals surface area contributed by atoms with Crippen molar-refractivity contribution in [2.45, 2.75) is 18.9 Å². The van der Waals surface area contributed by atoms with Crippen LogP contribution in [-0.4, -0.2) is 23.5 Å². The third-order valence-electron chi connectivity index (χ3n) is 2.53. The van der Waals surface area contributed by atoms with E-state index in [4.69, 9.17) is 0 Å². The first-order valence-electron chi connectivity index (χ1n) is 5.30. The average Bonchev–Trinajstić information content (AvgIpc) is 2.31. The van der Waals surface area contributed by atoms with Gasteiger partial charge in [-0.2, -0.15) is 11.8 Å². The molecule has 1 atom stereocenters. The molecular formula is C12H15NOS. The van der Waals surface area contributed by atoms with Crippen molar-refractivity contribution < 1.29 is 4.79 Å². The molecule has 3 heteroatoms. The van der Waals surface area contributed by atoms with Crippen LogP contribution in [0.15, 0.2) is 30.3 Å². The topological polar surface area (TPSA) is 29.1 Å². The molecule has 1 aliphatic rings. The molecule has 1 N–H and O–H groups in total. The normalized spacial score (nSPS) is 20.9. The minimum atomic E-state index is 0.0584. The Kier molecular flexibility index (Phi) is 3.67. The first-order chi connectivity index (χ1) is 7.36. The summed E-state index contributed by atoms with van der Waals surface area (Å²) in [5.74, 6) is 2.35. The highest BCUT2D eigenvalue weighted by molar-refractivity contribution is 7.99. The van der Waals surface area contributed by atoms with E-state index in [1.165, 1.54) is 12.2 Å². The Bertz CT molecular complexity index is 320. The molecular weight excluding hydrogens is 206 g/mol. The summed E-state index contributed by atoms with van der Waals surface area (Å²) in [5.41, 5.74) is 0.757. The molecule has 2 rings (SSSR count). The molecule has 1 unspecified atom stereocenters. The van der Waals surface area contributed by atoms with E-state index in [2.05, 4.69) is 5.32 Å². The van der Waals surface area contributed by atoms with Crippen LogP contribution in [0.2, 0.25) is 0 Å². The van der Waals surface area contributed by atoms with E-state index in [0.717, 1.165) is 17.7 Å². The predicted octanol–water partition coefficient (Wildman–Crippen LogP) is 2.31. The summed E-state index contributed by atoms with van der Waals surface area (Å²) < 4.78 is 0. The summed E-state index contributed by atoms with van der Waals surface area (Å²) in [5, 5.41) is 3.08. The molecule has 1 aliphatic heterocycles.